The van der Waals surface area contributed by atoms with E-state index in [1.54, 1.807) is 49.7 Å². The topological polar surface area (TPSA) is 97.8 Å². The predicted octanol–water partition coefficient (Wildman–Crippen LogP) is 4.67. The number of rotatable bonds is 10. The van der Waals surface area contributed by atoms with Gasteiger partial charge in [0.15, 0.2) is 11.6 Å². The Balaban J connectivity index is 1.16. The number of hydrogen-bond donors (Lipinski definition) is 2. The van der Waals surface area contributed by atoms with Crippen molar-refractivity contribution in [2.24, 2.45) is 5.41 Å². The summed E-state index contributed by atoms with van der Waals surface area (Å²) in [5.41, 5.74) is 0.912. The van der Waals surface area contributed by atoms with Crippen LogP contribution in [0.1, 0.15) is 29.5 Å². The Kier molecular flexibility index (Phi) is 6.60. The van der Waals surface area contributed by atoms with E-state index in [9.17, 15) is 19.1 Å². The van der Waals surface area contributed by atoms with Gasteiger partial charge in [-0.2, -0.15) is 0 Å². The number of Topliss-reactive ketones (excluding diaryl/α,β-unsaturated/α-hetero) is 2. The fourth-order valence-electron chi connectivity index (χ4n) is 5.27. The monoisotopic (exact) mass is 540 g/mol. The molecule has 40 heavy (non-hydrogen) atoms. The molecule has 0 amide bonds. The minimum atomic E-state index is -1.01. The Labute approximate surface area is 231 Å². The van der Waals surface area contributed by atoms with Crippen molar-refractivity contribution in [3.05, 3.63) is 95.4 Å². The maximum absolute atomic E-state index is 13.2. The van der Waals surface area contributed by atoms with Crippen LogP contribution in [0.3, 0.4) is 0 Å². The number of halogens is 1. The molecule has 1 aliphatic heterocycles. The Morgan fingerprint density at radius 2 is 1.55 bits per heavy atom. The van der Waals surface area contributed by atoms with Crippen LogP contribution in [0.15, 0.2) is 72.9 Å². The summed E-state index contributed by atoms with van der Waals surface area (Å²) in [4.78, 5) is 30.5. The number of pyridine rings is 1. The van der Waals surface area contributed by atoms with Crippen LogP contribution in [-0.4, -0.2) is 41.9 Å². The van der Waals surface area contributed by atoms with Crippen LogP contribution < -0.4 is 14.8 Å². The van der Waals surface area contributed by atoms with E-state index in [0.29, 0.717) is 59.8 Å². The lowest BCUT2D eigenvalue weighted by atomic mass is 9.86. The number of hydrogen-bond acceptors (Lipinski definition) is 7. The molecule has 1 aliphatic carbocycles. The maximum Gasteiger partial charge on any atom is 0.150 e. The van der Waals surface area contributed by atoms with Gasteiger partial charge in [0, 0.05) is 49.1 Å². The molecule has 0 atom stereocenters. The van der Waals surface area contributed by atoms with Gasteiger partial charge in [-0.05, 0) is 60.4 Å². The summed E-state index contributed by atoms with van der Waals surface area (Å²) in [7, 11) is 1.57. The van der Waals surface area contributed by atoms with E-state index in [1.807, 2.05) is 18.2 Å². The first-order chi connectivity index (χ1) is 19.3. The number of carbonyl (C=O) groups is 2. The molecule has 1 aromatic heterocycles. The van der Waals surface area contributed by atoms with Crippen molar-refractivity contribution >= 4 is 22.5 Å². The van der Waals surface area contributed by atoms with Crippen molar-refractivity contribution in [1.82, 2.24) is 10.3 Å². The van der Waals surface area contributed by atoms with Crippen LogP contribution in [0.5, 0.6) is 17.2 Å². The summed E-state index contributed by atoms with van der Waals surface area (Å²) in [6.07, 6.45) is 3.05. The molecule has 204 valence electrons. The average Bonchev–Trinajstić information content (AvgIpc) is 3.76. The van der Waals surface area contributed by atoms with Gasteiger partial charge in [-0.15, -0.1) is 0 Å². The van der Waals surface area contributed by atoms with E-state index < -0.39 is 11.0 Å². The van der Waals surface area contributed by atoms with Crippen molar-refractivity contribution in [3.8, 4) is 17.2 Å². The van der Waals surface area contributed by atoms with E-state index in [2.05, 4.69) is 10.3 Å². The van der Waals surface area contributed by atoms with Gasteiger partial charge in [-0.1, -0.05) is 24.3 Å². The second kappa shape index (κ2) is 10.1. The number of benzene rings is 3. The van der Waals surface area contributed by atoms with Gasteiger partial charge in [-0.3, -0.25) is 14.6 Å². The molecular formula is C32H29FN2O5. The first-order valence-corrected chi connectivity index (χ1v) is 13.3. The Morgan fingerprint density at radius 3 is 2.10 bits per heavy atom. The number of methoxy groups -OCH3 is 1. The number of β-amino-alcohol motifs (C(OH)–C–C–N with tert-alkyl or cyclic N) is 1. The molecule has 4 aromatic rings. The first kappa shape index (κ1) is 26.1. The van der Waals surface area contributed by atoms with Crippen LogP contribution >= 0.6 is 0 Å². The van der Waals surface area contributed by atoms with Gasteiger partial charge >= 0.3 is 0 Å². The molecule has 0 bridgehead atoms. The lowest BCUT2D eigenvalue weighted by Crippen LogP contribution is -2.56. The molecule has 0 radical (unpaired) electrons. The maximum atomic E-state index is 13.2. The van der Waals surface area contributed by atoms with Crippen molar-refractivity contribution in [3.63, 3.8) is 0 Å². The summed E-state index contributed by atoms with van der Waals surface area (Å²) >= 11 is 0. The minimum Gasteiger partial charge on any atom is -0.496 e. The molecule has 2 aliphatic rings. The summed E-state index contributed by atoms with van der Waals surface area (Å²) in [5.74, 6) is 1.19. The third-order valence-corrected chi connectivity index (χ3v) is 7.97. The van der Waals surface area contributed by atoms with Gasteiger partial charge in [-0.25, -0.2) is 4.39 Å². The molecule has 3 aromatic carbocycles. The van der Waals surface area contributed by atoms with Gasteiger partial charge in [0.1, 0.15) is 28.7 Å². The summed E-state index contributed by atoms with van der Waals surface area (Å²) < 4.78 is 24.9. The second-order valence-corrected chi connectivity index (χ2v) is 10.7. The highest BCUT2D eigenvalue weighted by atomic mass is 19.1. The molecule has 8 heteroatoms. The Bertz CT molecular complexity index is 1590. The van der Waals surface area contributed by atoms with Gasteiger partial charge < -0.3 is 19.9 Å². The standard InChI is InChI=1S/C32H29FN2O5/c1-39-28-17-26-24(16-25(28)32(38)18-34-19-32)27(10-13-35-26)40-23-8-4-21(5-9-23)15-30(37)31(11-12-31)29(36)14-20-2-6-22(33)7-3-20/h2-10,13,16-17,34,38H,11-12,14-15,18-19H2,1H3. The number of aromatic nitrogens is 1. The fourth-order valence-corrected chi connectivity index (χ4v) is 5.27. The second-order valence-electron chi connectivity index (χ2n) is 10.7. The van der Waals surface area contributed by atoms with Crippen LogP contribution in [0.4, 0.5) is 4.39 Å². The van der Waals surface area contributed by atoms with E-state index in [0.717, 1.165) is 10.9 Å². The minimum absolute atomic E-state index is 0.0849. The highest BCUT2D eigenvalue weighted by molar-refractivity contribution is 6.10. The zero-order valence-corrected chi connectivity index (χ0v) is 22.1. The quantitative estimate of drug-likeness (QED) is 0.282. The van der Waals surface area contributed by atoms with Crippen LogP contribution in [-0.2, 0) is 28.0 Å². The van der Waals surface area contributed by atoms with E-state index in [4.69, 9.17) is 9.47 Å². The van der Waals surface area contributed by atoms with E-state index in [-0.39, 0.29) is 30.2 Å². The smallest absolute Gasteiger partial charge is 0.150 e. The normalized spacial score (nSPS) is 16.7. The molecule has 2 N–H and O–H groups in total. The SMILES string of the molecule is COc1cc2nccc(Oc3ccc(CC(=O)C4(C(=O)Cc5ccc(F)cc5)CC4)cc3)c2cc1C1(O)CNC1. The number of nitrogens with zero attached hydrogens (tertiary/aromatic N) is 1. The molecular weight excluding hydrogens is 511 g/mol. The summed E-state index contributed by atoms with van der Waals surface area (Å²) in [5, 5.41) is 14.8. The number of ketones is 2. The number of nitrogens with one attached hydrogen (secondary N) is 1. The van der Waals surface area contributed by atoms with Gasteiger partial charge in [0.05, 0.1) is 18.0 Å². The van der Waals surface area contributed by atoms with Crippen molar-refractivity contribution < 1.29 is 28.6 Å². The van der Waals surface area contributed by atoms with E-state index >= 15 is 0 Å². The third-order valence-electron chi connectivity index (χ3n) is 7.97. The summed E-state index contributed by atoms with van der Waals surface area (Å²) in [6.45, 7) is 0.870. The van der Waals surface area contributed by atoms with Crippen molar-refractivity contribution in [2.45, 2.75) is 31.3 Å². The molecule has 1 saturated heterocycles. The Morgan fingerprint density at radius 1 is 0.925 bits per heavy atom. The zero-order chi connectivity index (χ0) is 27.9. The van der Waals surface area contributed by atoms with Gasteiger partial charge in [0.2, 0.25) is 0 Å². The third kappa shape index (κ3) is 4.85. The first-order valence-electron chi connectivity index (χ1n) is 13.3. The fraction of sp³-hybridized carbons (Fsp3) is 0.281. The predicted molar refractivity (Wildman–Crippen MR) is 147 cm³/mol. The molecule has 2 fully saturated rings. The van der Waals surface area contributed by atoms with Crippen molar-refractivity contribution in [1.29, 1.82) is 0 Å². The molecule has 1 saturated carbocycles. The largest absolute Gasteiger partial charge is 0.496 e. The average molecular weight is 541 g/mol. The van der Waals surface area contributed by atoms with Gasteiger partial charge in [0.25, 0.3) is 0 Å². The van der Waals surface area contributed by atoms with Crippen molar-refractivity contribution in [2.75, 3.05) is 20.2 Å². The lowest BCUT2D eigenvalue weighted by Gasteiger charge is -2.38. The highest BCUT2D eigenvalue weighted by Crippen LogP contribution is 2.49. The number of aliphatic hydroxyl groups is 1. The van der Waals surface area contributed by atoms with E-state index in [1.165, 1.54) is 12.1 Å². The molecule has 0 spiro atoms. The molecule has 6 rings (SSSR count). The molecule has 7 nitrogen and oxygen atoms in total. The number of fused-ring (bicyclic) bond motifs is 1. The zero-order valence-electron chi connectivity index (χ0n) is 22.1. The molecule has 2 heterocycles. The Hall–Kier alpha value is -4.14. The lowest BCUT2D eigenvalue weighted by molar-refractivity contribution is -0.133. The van der Waals surface area contributed by atoms with Crippen LogP contribution in [0, 0.1) is 11.2 Å². The molecule has 0 unspecified atom stereocenters. The number of carbonyl (C=O) groups excluding carboxylic acids is 2. The number of ether oxygens (including phenoxy) is 2. The summed E-state index contributed by atoms with van der Waals surface area (Å²) in [6, 6.07) is 18.5. The highest BCUT2D eigenvalue weighted by Gasteiger charge is 2.54. The van der Waals surface area contributed by atoms with Crippen LogP contribution in [0.2, 0.25) is 0 Å². The van der Waals surface area contributed by atoms with Crippen LogP contribution in [0.25, 0.3) is 10.9 Å².